The normalized spacial score (nSPS) is 13.6. The first-order valence-corrected chi connectivity index (χ1v) is 10.3. The van der Waals surface area contributed by atoms with Crippen LogP contribution < -0.4 is 5.73 Å². The standard InChI is InChI=1S/C18H27ClN2O5S/c1-12(2)10-15(17(20)23)21(11-16(22)26-18(3,4)5)27(24,25)14-8-6-13(19)7-9-14/h6-9,12,15H,10-11H2,1-5H3,(H2,20,23)/t15-/m0/s1. The van der Waals surface area contributed by atoms with E-state index in [2.05, 4.69) is 0 Å². The third-order valence-corrected chi connectivity index (χ3v) is 5.62. The number of benzene rings is 1. The van der Waals surface area contributed by atoms with Crippen molar-refractivity contribution in [2.75, 3.05) is 6.54 Å². The second kappa shape index (κ2) is 9.03. The summed E-state index contributed by atoms with van der Waals surface area (Å²) in [7, 11) is -4.19. The first-order chi connectivity index (χ1) is 12.2. The maximum atomic E-state index is 13.1. The van der Waals surface area contributed by atoms with E-state index in [0.29, 0.717) is 5.02 Å². The quantitative estimate of drug-likeness (QED) is 0.653. The lowest BCUT2D eigenvalue weighted by molar-refractivity contribution is -0.155. The van der Waals surface area contributed by atoms with Crippen LogP contribution in [0.5, 0.6) is 0 Å². The number of primary amides is 1. The van der Waals surface area contributed by atoms with Crippen LogP contribution in [-0.4, -0.2) is 42.8 Å². The zero-order chi connectivity index (χ0) is 21.0. The number of carbonyl (C=O) groups excluding carboxylic acids is 2. The number of nitrogens with two attached hydrogens (primary N) is 1. The first kappa shape index (κ1) is 23.4. The SMILES string of the molecule is CC(C)C[C@@H](C(N)=O)N(CC(=O)OC(C)(C)C)S(=O)(=O)c1ccc(Cl)cc1. The molecule has 1 rings (SSSR count). The van der Waals surface area contributed by atoms with Crippen molar-refractivity contribution in [2.45, 2.75) is 57.6 Å². The molecule has 7 nitrogen and oxygen atoms in total. The minimum absolute atomic E-state index is 0.0240. The fourth-order valence-electron chi connectivity index (χ4n) is 2.43. The Morgan fingerprint density at radius 2 is 1.70 bits per heavy atom. The molecule has 1 aromatic carbocycles. The second-order valence-electron chi connectivity index (χ2n) is 7.64. The molecule has 0 heterocycles. The van der Waals surface area contributed by atoms with Crippen LogP contribution in [0.25, 0.3) is 0 Å². The van der Waals surface area contributed by atoms with Gasteiger partial charge in [0.2, 0.25) is 15.9 Å². The van der Waals surface area contributed by atoms with E-state index in [4.69, 9.17) is 22.1 Å². The summed E-state index contributed by atoms with van der Waals surface area (Å²) in [4.78, 5) is 24.2. The van der Waals surface area contributed by atoms with Crippen molar-refractivity contribution in [2.24, 2.45) is 11.7 Å². The highest BCUT2D eigenvalue weighted by molar-refractivity contribution is 7.89. The number of esters is 1. The molecular weight excluding hydrogens is 392 g/mol. The van der Waals surface area contributed by atoms with Gasteiger partial charge in [0.15, 0.2) is 0 Å². The predicted molar refractivity (Wildman–Crippen MR) is 104 cm³/mol. The number of halogens is 1. The van der Waals surface area contributed by atoms with Gasteiger partial charge in [-0.2, -0.15) is 4.31 Å². The van der Waals surface area contributed by atoms with E-state index in [9.17, 15) is 18.0 Å². The highest BCUT2D eigenvalue weighted by Gasteiger charge is 2.37. The van der Waals surface area contributed by atoms with Gasteiger partial charge in [-0.1, -0.05) is 25.4 Å². The molecule has 152 valence electrons. The van der Waals surface area contributed by atoms with E-state index in [0.717, 1.165) is 4.31 Å². The predicted octanol–water partition coefficient (Wildman–Crippen LogP) is 2.57. The Kier molecular flexibility index (Phi) is 7.83. The molecular formula is C18H27ClN2O5S. The number of amides is 1. The Labute approximate surface area is 165 Å². The number of rotatable bonds is 8. The number of hydrogen-bond acceptors (Lipinski definition) is 5. The van der Waals surface area contributed by atoms with Gasteiger partial charge in [0.1, 0.15) is 18.2 Å². The minimum Gasteiger partial charge on any atom is -0.459 e. The summed E-state index contributed by atoms with van der Waals surface area (Å²) in [5, 5.41) is 0.362. The van der Waals surface area contributed by atoms with Gasteiger partial charge in [-0.05, 0) is 57.4 Å². The summed E-state index contributed by atoms with van der Waals surface area (Å²) in [5.41, 5.74) is 4.67. The highest BCUT2D eigenvalue weighted by Crippen LogP contribution is 2.24. The van der Waals surface area contributed by atoms with E-state index in [1.807, 2.05) is 13.8 Å². The van der Waals surface area contributed by atoms with Gasteiger partial charge in [-0.15, -0.1) is 0 Å². The van der Waals surface area contributed by atoms with E-state index < -0.39 is 40.1 Å². The summed E-state index contributed by atoms with van der Waals surface area (Å²) in [6.07, 6.45) is 0.172. The van der Waals surface area contributed by atoms with Crippen LogP contribution in [-0.2, 0) is 24.3 Å². The molecule has 0 unspecified atom stereocenters. The second-order valence-corrected chi connectivity index (χ2v) is 9.97. The smallest absolute Gasteiger partial charge is 0.321 e. The molecule has 0 aliphatic rings. The van der Waals surface area contributed by atoms with E-state index in [-0.39, 0.29) is 17.2 Å². The number of carbonyl (C=O) groups is 2. The third kappa shape index (κ3) is 7.12. The largest absolute Gasteiger partial charge is 0.459 e. The van der Waals surface area contributed by atoms with Crippen LogP contribution in [0.2, 0.25) is 5.02 Å². The lowest BCUT2D eigenvalue weighted by Crippen LogP contribution is -2.51. The Hall–Kier alpha value is -1.64. The molecule has 0 aliphatic heterocycles. The Balaban J connectivity index is 3.36. The molecule has 0 fully saturated rings. The first-order valence-electron chi connectivity index (χ1n) is 8.52. The molecule has 1 atom stereocenters. The lowest BCUT2D eigenvalue weighted by atomic mass is 10.0. The Bertz CT molecular complexity index is 770. The average molecular weight is 419 g/mol. The summed E-state index contributed by atoms with van der Waals surface area (Å²) >= 11 is 5.82. The minimum atomic E-state index is -4.19. The molecule has 0 aliphatic carbocycles. The van der Waals surface area contributed by atoms with Gasteiger partial charge >= 0.3 is 5.97 Å². The molecule has 27 heavy (non-hydrogen) atoms. The van der Waals surface area contributed by atoms with Crippen LogP contribution in [0.3, 0.4) is 0 Å². The molecule has 2 N–H and O–H groups in total. The number of hydrogen-bond donors (Lipinski definition) is 1. The van der Waals surface area contributed by atoms with Crippen LogP contribution in [0.4, 0.5) is 0 Å². The van der Waals surface area contributed by atoms with Crippen LogP contribution in [0.1, 0.15) is 41.0 Å². The number of sulfonamides is 1. The van der Waals surface area contributed by atoms with Crippen LogP contribution in [0.15, 0.2) is 29.2 Å². The van der Waals surface area contributed by atoms with E-state index in [1.54, 1.807) is 20.8 Å². The van der Waals surface area contributed by atoms with Crippen molar-refractivity contribution < 1.29 is 22.7 Å². The maximum Gasteiger partial charge on any atom is 0.321 e. The summed E-state index contributed by atoms with van der Waals surface area (Å²) in [5.74, 6) is -1.62. The van der Waals surface area contributed by atoms with Crippen molar-refractivity contribution in [3.8, 4) is 0 Å². The monoisotopic (exact) mass is 418 g/mol. The van der Waals surface area contributed by atoms with Crippen molar-refractivity contribution in [3.05, 3.63) is 29.3 Å². The summed E-state index contributed by atoms with van der Waals surface area (Å²) in [6.45, 7) is 8.05. The summed E-state index contributed by atoms with van der Waals surface area (Å²) in [6, 6.07) is 4.28. The van der Waals surface area contributed by atoms with Gasteiger partial charge < -0.3 is 10.5 Å². The molecule has 0 saturated heterocycles. The highest BCUT2D eigenvalue weighted by atomic mass is 35.5. The zero-order valence-corrected chi connectivity index (χ0v) is 17.8. The summed E-state index contributed by atoms with van der Waals surface area (Å²) < 4.78 is 32.3. The molecule has 9 heteroatoms. The topological polar surface area (TPSA) is 107 Å². The third-order valence-electron chi connectivity index (χ3n) is 3.50. The van der Waals surface area contributed by atoms with Gasteiger partial charge in [-0.25, -0.2) is 8.42 Å². The molecule has 0 spiro atoms. The van der Waals surface area contributed by atoms with Crippen molar-refractivity contribution >= 4 is 33.5 Å². The van der Waals surface area contributed by atoms with Crippen molar-refractivity contribution in [3.63, 3.8) is 0 Å². The molecule has 0 saturated carbocycles. The number of ether oxygens (including phenoxy) is 1. The van der Waals surface area contributed by atoms with Gasteiger partial charge in [0.05, 0.1) is 4.90 Å². The van der Waals surface area contributed by atoms with Crippen molar-refractivity contribution in [1.82, 2.24) is 4.31 Å². The van der Waals surface area contributed by atoms with Crippen LogP contribution >= 0.6 is 11.6 Å². The van der Waals surface area contributed by atoms with E-state index in [1.165, 1.54) is 24.3 Å². The fourth-order valence-corrected chi connectivity index (χ4v) is 4.10. The Morgan fingerprint density at radius 3 is 2.11 bits per heavy atom. The van der Waals surface area contributed by atoms with Crippen molar-refractivity contribution in [1.29, 1.82) is 0 Å². The zero-order valence-electron chi connectivity index (χ0n) is 16.2. The number of nitrogens with zero attached hydrogens (tertiary/aromatic N) is 1. The average Bonchev–Trinajstić information content (AvgIpc) is 2.48. The lowest BCUT2D eigenvalue weighted by Gasteiger charge is -2.30. The van der Waals surface area contributed by atoms with Gasteiger partial charge in [-0.3, -0.25) is 9.59 Å². The Morgan fingerprint density at radius 1 is 1.19 bits per heavy atom. The molecule has 0 bridgehead atoms. The van der Waals surface area contributed by atoms with Gasteiger partial charge in [0, 0.05) is 5.02 Å². The molecule has 0 aromatic heterocycles. The molecule has 0 radical (unpaired) electrons. The van der Waals surface area contributed by atoms with E-state index >= 15 is 0 Å². The maximum absolute atomic E-state index is 13.1. The fraction of sp³-hybridized carbons (Fsp3) is 0.556. The van der Waals surface area contributed by atoms with Crippen LogP contribution in [0, 0.1) is 5.92 Å². The molecule has 1 amide bonds. The molecule has 1 aromatic rings. The van der Waals surface area contributed by atoms with Gasteiger partial charge in [0.25, 0.3) is 0 Å².